The molecular formula is C16H22N4O2. The molecule has 2 aliphatic rings. The Morgan fingerprint density at radius 2 is 1.68 bits per heavy atom. The van der Waals surface area contributed by atoms with E-state index in [2.05, 4.69) is 11.9 Å². The van der Waals surface area contributed by atoms with Crippen molar-refractivity contribution in [3.05, 3.63) is 30.3 Å². The van der Waals surface area contributed by atoms with E-state index in [9.17, 15) is 9.59 Å². The molecule has 0 unspecified atom stereocenters. The number of benzene rings is 1. The SMILES string of the molecule is CN1CCN(C(=O)CN2CCN(c3ccccc3)C2=O)CC1. The molecule has 0 aliphatic carbocycles. The maximum absolute atomic E-state index is 12.4. The van der Waals surface area contributed by atoms with Gasteiger partial charge in [0.25, 0.3) is 0 Å². The van der Waals surface area contributed by atoms with Crippen LogP contribution in [0.1, 0.15) is 0 Å². The van der Waals surface area contributed by atoms with Crippen LogP contribution in [0, 0.1) is 0 Å². The molecule has 3 amide bonds. The van der Waals surface area contributed by atoms with Crippen LogP contribution >= 0.6 is 0 Å². The number of urea groups is 1. The zero-order valence-corrected chi connectivity index (χ0v) is 12.9. The molecule has 1 aromatic carbocycles. The summed E-state index contributed by atoms with van der Waals surface area (Å²) >= 11 is 0. The average molecular weight is 302 g/mol. The van der Waals surface area contributed by atoms with Gasteiger partial charge in [-0.2, -0.15) is 0 Å². The molecule has 0 N–H and O–H groups in total. The maximum Gasteiger partial charge on any atom is 0.325 e. The van der Waals surface area contributed by atoms with Crippen molar-refractivity contribution in [2.45, 2.75) is 0 Å². The minimum Gasteiger partial charge on any atom is -0.339 e. The second kappa shape index (κ2) is 6.36. The highest BCUT2D eigenvalue weighted by molar-refractivity contribution is 5.96. The number of carbonyl (C=O) groups is 2. The predicted molar refractivity (Wildman–Crippen MR) is 84.8 cm³/mol. The number of likely N-dealkylation sites (N-methyl/N-ethyl adjacent to an activating group) is 1. The quantitative estimate of drug-likeness (QED) is 0.826. The van der Waals surface area contributed by atoms with Crippen molar-refractivity contribution in [2.24, 2.45) is 0 Å². The summed E-state index contributed by atoms with van der Waals surface area (Å²) in [5.74, 6) is 0.0522. The Balaban J connectivity index is 1.58. The van der Waals surface area contributed by atoms with Crippen molar-refractivity contribution in [1.82, 2.24) is 14.7 Å². The van der Waals surface area contributed by atoms with Crippen LogP contribution in [0.25, 0.3) is 0 Å². The summed E-state index contributed by atoms with van der Waals surface area (Å²) in [5.41, 5.74) is 0.891. The van der Waals surface area contributed by atoms with Crippen LogP contribution in [0.5, 0.6) is 0 Å². The molecule has 2 heterocycles. The number of nitrogens with zero attached hydrogens (tertiary/aromatic N) is 4. The van der Waals surface area contributed by atoms with Crippen LogP contribution in [0.4, 0.5) is 10.5 Å². The van der Waals surface area contributed by atoms with Crippen LogP contribution in [-0.2, 0) is 4.79 Å². The molecule has 6 heteroatoms. The summed E-state index contributed by atoms with van der Waals surface area (Å²) in [7, 11) is 2.06. The van der Waals surface area contributed by atoms with Gasteiger partial charge in [0.05, 0.1) is 0 Å². The molecule has 1 aromatic rings. The van der Waals surface area contributed by atoms with Crippen LogP contribution in [0.3, 0.4) is 0 Å². The fourth-order valence-electron chi connectivity index (χ4n) is 2.90. The molecule has 3 rings (SSSR count). The average Bonchev–Trinajstić information content (AvgIpc) is 2.90. The van der Waals surface area contributed by atoms with Gasteiger partial charge in [0.2, 0.25) is 5.91 Å². The van der Waals surface area contributed by atoms with E-state index < -0.39 is 0 Å². The first-order chi connectivity index (χ1) is 10.6. The molecule has 0 saturated carbocycles. The number of rotatable bonds is 3. The minimum absolute atomic E-state index is 0.0522. The fraction of sp³-hybridized carbons (Fsp3) is 0.500. The van der Waals surface area contributed by atoms with Gasteiger partial charge in [-0.05, 0) is 19.2 Å². The largest absolute Gasteiger partial charge is 0.339 e. The van der Waals surface area contributed by atoms with Crippen LogP contribution in [-0.4, -0.2) is 79.5 Å². The highest BCUT2D eigenvalue weighted by Crippen LogP contribution is 2.19. The van der Waals surface area contributed by atoms with Gasteiger partial charge >= 0.3 is 6.03 Å². The zero-order chi connectivity index (χ0) is 15.5. The summed E-state index contributed by atoms with van der Waals surface area (Å²) < 4.78 is 0. The van der Waals surface area contributed by atoms with E-state index in [1.807, 2.05) is 35.2 Å². The van der Waals surface area contributed by atoms with Gasteiger partial charge in [0.15, 0.2) is 0 Å². The molecule has 0 bridgehead atoms. The summed E-state index contributed by atoms with van der Waals surface area (Å²) in [5, 5.41) is 0. The van der Waals surface area contributed by atoms with E-state index in [0.29, 0.717) is 13.1 Å². The normalized spacial score (nSPS) is 19.9. The van der Waals surface area contributed by atoms with E-state index in [1.54, 1.807) is 9.80 Å². The summed E-state index contributed by atoms with van der Waals surface area (Å²) in [6, 6.07) is 9.53. The van der Waals surface area contributed by atoms with E-state index in [-0.39, 0.29) is 18.5 Å². The Labute approximate surface area is 130 Å². The summed E-state index contributed by atoms with van der Waals surface area (Å²) in [4.78, 5) is 32.2. The molecule has 0 spiro atoms. The van der Waals surface area contributed by atoms with E-state index >= 15 is 0 Å². The van der Waals surface area contributed by atoms with Crippen molar-refractivity contribution >= 4 is 17.6 Å². The second-order valence-corrected chi connectivity index (χ2v) is 5.88. The Bertz CT molecular complexity index is 540. The molecule has 0 atom stereocenters. The Morgan fingerprint density at radius 3 is 2.36 bits per heavy atom. The highest BCUT2D eigenvalue weighted by atomic mass is 16.2. The van der Waals surface area contributed by atoms with Gasteiger partial charge in [-0.15, -0.1) is 0 Å². The second-order valence-electron chi connectivity index (χ2n) is 5.88. The molecule has 22 heavy (non-hydrogen) atoms. The lowest BCUT2D eigenvalue weighted by molar-refractivity contribution is -0.133. The number of amides is 3. The first-order valence-corrected chi connectivity index (χ1v) is 7.73. The lowest BCUT2D eigenvalue weighted by atomic mass is 10.3. The predicted octanol–water partition coefficient (Wildman–Crippen LogP) is 0.703. The number of hydrogen-bond donors (Lipinski definition) is 0. The Morgan fingerprint density at radius 1 is 1.00 bits per heavy atom. The summed E-state index contributed by atoms with van der Waals surface area (Å²) in [6.07, 6.45) is 0. The molecular weight excluding hydrogens is 280 g/mol. The Kier molecular flexibility index (Phi) is 4.29. The van der Waals surface area contributed by atoms with Crippen molar-refractivity contribution < 1.29 is 9.59 Å². The highest BCUT2D eigenvalue weighted by Gasteiger charge is 2.32. The van der Waals surface area contributed by atoms with Crippen molar-refractivity contribution in [1.29, 1.82) is 0 Å². The molecule has 0 radical (unpaired) electrons. The van der Waals surface area contributed by atoms with Gasteiger partial charge in [0, 0.05) is 45.0 Å². The number of piperazine rings is 1. The van der Waals surface area contributed by atoms with Crippen molar-refractivity contribution in [2.75, 3.05) is 57.8 Å². The van der Waals surface area contributed by atoms with Gasteiger partial charge in [0.1, 0.15) is 6.54 Å². The number of hydrogen-bond acceptors (Lipinski definition) is 3. The van der Waals surface area contributed by atoms with Crippen LogP contribution < -0.4 is 4.90 Å². The van der Waals surface area contributed by atoms with E-state index in [0.717, 1.165) is 31.9 Å². The third kappa shape index (κ3) is 3.06. The van der Waals surface area contributed by atoms with Crippen LogP contribution in [0.2, 0.25) is 0 Å². The number of anilines is 1. The fourth-order valence-corrected chi connectivity index (χ4v) is 2.90. The lowest BCUT2D eigenvalue weighted by Crippen LogP contribution is -2.50. The Hall–Kier alpha value is -2.08. The van der Waals surface area contributed by atoms with Gasteiger partial charge in [-0.3, -0.25) is 9.69 Å². The third-order valence-corrected chi connectivity index (χ3v) is 4.34. The van der Waals surface area contributed by atoms with Gasteiger partial charge in [-0.25, -0.2) is 4.79 Å². The molecule has 6 nitrogen and oxygen atoms in total. The first-order valence-electron chi connectivity index (χ1n) is 7.73. The molecule has 2 aliphatic heterocycles. The van der Waals surface area contributed by atoms with E-state index in [1.165, 1.54) is 0 Å². The minimum atomic E-state index is -0.0753. The van der Waals surface area contributed by atoms with Gasteiger partial charge in [-0.1, -0.05) is 18.2 Å². The monoisotopic (exact) mass is 302 g/mol. The maximum atomic E-state index is 12.4. The standard InChI is InChI=1S/C16H22N4O2/c1-17-7-9-18(10-8-17)15(21)13-19-11-12-20(16(19)22)14-5-3-2-4-6-14/h2-6H,7-13H2,1H3. The van der Waals surface area contributed by atoms with Crippen molar-refractivity contribution in [3.8, 4) is 0 Å². The topological polar surface area (TPSA) is 47.1 Å². The number of carbonyl (C=O) groups excluding carboxylic acids is 2. The summed E-state index contributed by atoms with van der Waals surface area (Å²) in [6.45, 7) is 4.73. The van der Waals surface area contributed by atoms with Crippen molar-refractivity contribution in [3.63, 3.8) is 0 Å². The number of para-hydroxylation sites is 1. The molecule has 2 saturated heterocycles. The molecule has 0 aromatic heterocycles. The van der Waals surface area contributed by atoms with Crippen LogP contribution in [0.15, 0.2) is 30.3 Å². The molecule has 118 valence electrons. The zero-order valence-electron chi connectivity index (χ0n) is 12.9. The lowest BCUT2D eigenvalue weighted by Gasteiger charge is -2.33. The molecule has 2 fully saturated rings. The van der Waals surface area contributed by atoms with Gasteiger partial charge < -0.3 is 14.7 Å². The van der Waals surface area contributed by atoms with E-state index in [4.69, 9.17) is 0 Å². The first kappa shape index (κ1) is 14.8. The smallest absolute Gasteiger partial charge is 0.325 e. The third-order valence-electron chi connectivity index (χ3n) is 4.34.